The van der Waals surface area contributed by atoms with E-state index < -0.39 is 0 Å². The number of methoxy groups -OCH3 is 1. The molecule has 0 spiro atoms. The Balaban J connectivity index is 1.73. The second-order valence-electron chi connectivity index (χ2n) is 7.01. The van der Waals surface area contributed by atoms with Crippen molar-refractivity contribution < 1.29 is 14.9 Å². The molecule has 4 rings (SSSR count). The van der Waals surface area contributed by atoms with E-state index in [2.05, 4.69) is 27.8 Å². The first kappa shape index (κ1) is 20.3. The van der Waals surface area contributed by atoms with Crippen LogP contribution < -0.4 is 5.32 Å². The molecule has 2 aromatic heterocycles. The second-order valence-corrected chi connectivity index (χ2v) is 7.87. The molecule has 0 saturated carbocycles. The zero-order valence-electron chi connectivity index (χ0n) is 16.6. The van der Waals surface area contributed by atoms with Crippen LogP contribution in [-0.4, -0.2) is 39.9 Å². The molecule has 0 aliphatic heterocycles. The fraction of sp³-hybridized carbons (Fsp3) is 0.217. The van der Waals surface area contributed by atoms with E-state index in [1.807, 2.05) is 30.3 Å². The number of benzene rings is 2. The van der Waals surface area contributed by atoms with Crippen LogP contribution in [0.25, 0.3) is 21.3 Å². The molecule has 4 aromatic rings. The Bertz CT molecular complexity index is 1110. The highest BCUT2D eigenvalue weighted by Crippen LogP contribution is 2.37. The predicted octanol–water partition coefficient (Wildman–Crippen LogP) is 4.23. The number of thiophene rings is 1. The van der Waals surface area contributed by atoms with E-state index in [9.17, 15) is 10.2 Å². The Morgan fingerprint density at radius 2 is 1.83 bits per heavy atom. The quantitative estimate of drug-likeness (QED) is 0.395. The number of nitrogens with zero attached hydrogens (tertiary/aromatic N) is 2. The summed E-state index contributed by atoms with van der Waals surface area (Å²) in [4.78, 5) is 10.2. The average Bonchev–Trinajstić information content (AvgIpc) is 3.20. The number of hydrogen-bond donors (Lipinski definition) is 3. The number of phenols is 1. The summed E-state index contributed by atoms with van der Waals surface area (Å²) in [6.07, 6.45) is 0.590. The number of ether oxygens (including phenoxy) is 1. The summed E-state index contributed by atoms with van der Waals surface area (Å²) < 4.78 is 5.24. The van der Waals surface area contributed by atoms with Crippen LogP contribution in [0.4, 0.5) is 5.82 Å². The predicted molar refractivity (Wildman–Crippen MR) is 120 cm³/mol. The summed E-state index contributed by atoms with van der Waals surface area (Å²) in [7, 11) is 1.62. The lowest BCUT2D eigenvalue weighted by Gasteiger charge is -2.19. The van der Waals surface area contributed by atoms with E-state index in [0.29, 0.717) is 24.7 Å². The fourth-order valence-corrected chi connectivity index (χ4v) is 4.35. The van der Waals surface area contributed by atoms with Gasteiger partial charge in [-0.3, -0.25) is 0 Å². The molecule has 0 amide bonds. The summed E-state index contributed by atoms with van der Waals surface area (Å²) in [5, 5.41) is 26.0. The molecule has 0 aliphatic rings. The molecule has 154 valence electrons. The van der Waals surface area contributed by atoms with Crippen molar-refractivity contribution in [3.63, 3.8) is 0 Å². The highest BCUT2D eigenvalue weighted by Gasteiger charge is 2.18. The van der Waals surface area contributed by atoms with Crippen molar-refractivity contribution in [2.24, 2.45) is 0 Å². The number of hydrogen-bond acceptors (Lipinski definition) is 7. The molecular weight excluding hydrogens is 398 g/mol. The first-order valence-electron chi connectivity index (χ1n) is 9.65. The van der Waals surface area contributed by atoms with E-state index in [1.165, 1.54) is 0 Å². The van der Waals surface area contributed by atoms with Crippen molar-refractivity contribution in [2.45, 2.75) is 19.1 Å². The van der Waals surface area contributed by atoms with Gasteiger partial charge in [-0.1, -0.05) is 42.5 Å². The van der Waals surface area contributed by atoms with E-state index in [-0.39, 0.29) is 18.4 Å². The molecule has 0 unspecified atom stereocenters. The number of aromatic nitrogens is 2. The summed E-state index contributed by atoms with van der Waals surface area (Å²) >= 11 is 1.57. The fourth-order valence-electron chi connectivity index (χ4n) is 3.39. The molecule has 2 aromatic carbocycles. The van der Waals surface area contributed by atoms with Crippen LogP contribution in [0.5, 0.6) is 5.75 Å². The third kappa shape index (κ3) is 4.43. The van der Waals surface area contributed by atoms with E-state index in [0.717, 1.165) is 26.9 Å². The van der Waals surface area contributed by atoms with Crippen molar-refractivity contribution in [2.75, 3.05) is 19.0 Å². The van der Waals surface area contributed by atoms with Gasteiger partial charge in [0, 0.05) is 18.1 Å². The lowest BCUT2D eigenvalue weighted by Crippen LogP contribution is -2.27. The first-order chi connectivity index (χ1) is 14.7. The van der Waals surface area contributed by atoms with Gasteiger partial charge in [0.2, 0.25) is 0 Å². The smallest absolute Gasteiger partial charge is 0.158 e. The van der Waals surface area contributed by atoms with Crippen LogP contribution in [0.1, 0.15) is 11.4 Å². The third-order valence-corrected chi connectivity index (χ3v) is 5.69. The molecule has 6 nitrogen and oxygen atoms in total. The third-order valence-electron chi connectivity index (χ3n) is 4.82. The number of aliphatic hydroxyl groups is 1. The lowest BCUT2D eigenvalue weighted by atomic mass is 10.0. The zero-order valence-corrected chi connectivity index (χ0v) is 17.4. The van der Waals surface area contributed by atoms with Crippen LogP contribution in [0.3, 0.4) is 0 Å². The van der Waals surface area contributed by atoms with Gasteiger partial charge in [0.05, 0.1) is 18.0 Å². The molecule has 7 heteroatoms. The Hall–Kier alpha value is -3.00. The maximum atomic E-state index is 10.0. The minimum Gasteiger partial charge on any atom is -0.508 e. The van der Waals surface area contributed by atoms with E-state index in [1.54, 1.807) is 30.6 Å². The molecule has 30 heavy (non-hydrogen) atoms. The number of phenolic OH excluding ortho intramolecular Hbond substituents is 1. The first-order valence-corrected chi connectivity index (χ1v) is 10.5. The largest absolute Gasteiger partial charge is 0.508 e. The van der Waals surface area contributed by atoms with Crippen molar-refractivity contribution in [3.8, 4) is 16.9 Å². The van der Waals surface area contributed by atoms with Crippen molar-refractivity contribution in [1.29, 1.82) is 0 Å². The van der Waals surface area contributed by atoms with Crippen LogP contribution in [-0.2, 0) is 17.8 Å². The van der Waals surface area contributed by atoms with Crippen molar-refractivity contribution >= 4 is 27.4 Å². The second kappa shape index (κ2) is 9.21. The van der Waals surface area contributed by atoms with Gasteiger partial charge < -0.3 is 20.3 Å². The number of aromatic hydroxyl groups is 1. The minimum atomic E-state index is -0.244. The Morgan fingerprint density at radius 1 is 1.07 bits per heavy atom. The number of anilines is 1. The number of rotatable bonds is 8. The van der Waals surface area contributed by atoms with Gasteiger partial charge in [-0.05, 0) is 29.7 Å². The van der Waals surface area contributed by atoms with Crippen LogP contribution in [0, 0.1) is 0 Å². The number of nitrogens with one attached hydrogen (secondary N) is 1. The van der Waals surface area contributed by atoms with Crippen molar-refractivity contribution in [3.05, 3.63) is 71.4 Å². The maximum Gasteiger partial charge on any atom is 0.158 e. The van der Waals surface area contributed by atoms with Gasteiger partial charge >= 0.3 is 0 Å². The highest BCUT2D eigenvalue weighted by atomic mass is 32.1. The van der Waals surface area contributed by atoms with Gasteiger partial charge in [-0.2, -0.15) is 0 Å². The SMILES string of the molecule is COCc1nc(N[C@H](CO)Cc2ccc(O)cc2)c2c(-c3ccccc3)csc2n1. The molecule has 1 atom stereocenters. The standard InChI is InChI=1S/C23H23N3O3S/c1-29-13-20-25-22(24-17(12-27)11-15-7-9-18(28)10-8-15)21-19(14-30-23(21)26-20)16-5-3-2-4-6-16/h2-10,14,17,27-28H,11-13H2,1H3,(H,24,25,26)/t17-/m0/s1. The molecule has 0 radical (unpaired) electrons. The van der Waals surface area contributed by atoms with Gasteiger partial charge in [0.1, 0.15) is 23.0 Å². The zero-order chi connectivity index (χ0) is 20.9. The van der Waals surface area contributed by atoms with E-state index in [4.69, 9.17) is 9.72 Å². The molecule has 3 N–H and O–H groups in total. The highest BCUT2D eigenvalue weighted by molar-refractivity contribution is 7.17. The molecule has 0 saturated heterocycles. The Labute approximate surface area is 178 Å². The topological polar surface area (TPSA) is 87.5 Å². The maximum absolute atomic E-state index is 10.0. The summed E-state index contributed by atoms with van der Waals surface area (Å²) in [5.74, 6) is 1.50. The summed E-state index contributed by atoms with van der Waals surface area (Å²) in [5.41, 5.74) is 3.16. The monoisotopic (exact) mass is 421 g/mol. The van der Waals surface area contributed by atoms with Crippen LogP contribution in [0.15, 0.2) is 60.0 Å². The number of fused-ring (bicyclic) bond motifs is 1. The van der Waals surface area contributed by atoms with Gasteiger partial charge in [0.15, 0.2) is 5.82 Å². The van der Waals surface area contributed by atoms with Gasteiger partial charge in [-0.15, -0.1) is 11.3 Å². The molecule has 0 fully saturated rings. The Kier molecular flexibility index (Phi) is 6.23. The molecule has 0 bridgehead atoms. The Morgan fingerprint density at radius 3 is 2.53 bits per heavy atom. The molecule has 2 heterocycles. The van der Waals surface area contributed by atoms with Crippen LogP contribution in [0.2, 0.25) is 0 Å². The summed E-state index contributed by atoms with van der Waals surface area (Å²) in [6.45, 7) is 0.252. The summed E-state index contributed by atoms with van der Waals surface area (Å²) in [6, 6.07) is 16.9. The van der Waals surface area contributed by atoms with Crippen LogP contribution >= 0.6 is 11.3 Å². The normalized spacial score (nSPS) is 12.2. The molecule has 0 aliphatic carbocycles. The number of aliphatic hydroxyl groups excluding tert-OH is 1. The van der Waals surface area contributed by atoms with E-state index >= 15 is 0 Å². The minimum absolute atomic E-state index is 0.0587. The van der Waals surface area contributed by atoms with Gasteiger partial charge in [-0.25, -0.2) is 9.97 Å². The van der Waals surface area contributed by atoms with Gasteiger partial charge in [0.25, 0.3) is 0 Å². The average molecular weight is 422 g/mol. The lowest BCUT2D eigenvalue weighted by molar-refractivity contribution is 0.178. The van der Waals surface area contributed by atoms with Crippen molar-refractivity contribution in [1.82, 2.24) is 9.97 Å². The molecular formula is C23H23N3O3S.